The highest BCUT2D eigenvalue weighted by molar-refractivity contribution is 5.05. The normalized spacial score (nSPS) is 14.2. The molecule has 0 amide bonds. The fourth-order valence-corrected chi connectivity index (χ4v) is 1.87. The molecule has 0 aliphatic rings. The first kappa shape index (κ1) is 12.3. The van der Waals surface area contributed by atoms with E-state index in [0.29, 0.717) is 5.92 Å². The van der Waals surface area contributed by atoms with Crippen molar-refractivity contribution in [3.8, 4) is 0 Å². The second kappa shape index (κ2) is 4.82. The molecule has 86 valence electrons. The van der Waals surface area contributed by atoms with E-state index < -0.39 is 0 Å². The Bertz CT molecular complexity index is 299. The van der Waals surface area contributed by atoms with Crippen LogP contribution in [0.15, 0.2) is 12.5 Å². The summed E-state index contributed by atoms with van der Waals surface area (Å²) >= 11 is 0. The molecule has 0 saturated carbocycles. The number of rotatable bonds is 5. The molecular formula is C13H24N2. The summed E-state index contributed by atoms with van der Waals surface area (Å²) in [4.78, 5) is 4.50. The first-order valence-electron chi connectivity index (χ1n) is 6.05. The monoisotopic (exact) mass is 208 g/mol. The molecule has 1 atom stereocenters. The molecule has 0 aliphatic heterocycles. The standard InChI is InChI=1S/C13H24N2/c1-6-8-13(4,5)15-9-12(14-10-15)11(3)7-2/h9-11H,6-8H2,1-5H3. The van der Waals surface area contributed by atoms with Crippen molar-refractivity contribution < 1.29 is 0 Å². The van der Waals surface area contributed by atoms with Crippen LogP contribution in [0.1, 0.15) is 65.5 Å². The van der Waals surface area contributed by atoms with Gasteiger partial charge in [0.25, 0.3) is 0 Å². The van der Waals surface area contributed by atoms with E-state index in [2.05, 4.69) is 50.4 Å². The second-order valence-electron chi connectivity index (χ2n) is 5.08. The lowest BCUT2D eigenvalue weighted by Gasteiger charge is -2.25. The molecule has 0 radical (unpaired) electrons. The highest BCUT2D eigenvalue weighted by Gasteiger charge is 2.19. The van der Waals surface area contributed by atoms with Crippen LogP contribution in [0.2, 0.25) is 0 Å². The van der Waals surface area contributed by atoms with Crippen LogP contribution >= 0.6 is 0 Å². The molecule has 1 unspecified atom stereocenters. The Hall–Kier alpha value is -0.790. The molecule has 0 aromatic carbocycles. The minimum Gasteiger partial charge on any atom is -0.332 e. The van der Waals surface area contributed by atoms with E-state index in [1.54, 1.807) is 0 Å². The number of hydrogen-bond acceptors (Lipinski definition) is 1. The van der Waals surface area contributed by atoms with Crippen molar-refractivity contribution in [1.29, 1.82) is 0 Å². The molecule has 1 heterocycles. The van der Waals surface area contributed by atoms with Gasteiger partial charge in [0.2, 0.25) is 0 Å². The van der Waals surface area contributed by atoms with Gasteiger partial charge in [-0.05, 0) is 32.6 Å². The van der Waals surface area contributed by atoms with Gasteiger partial charge in [-0.1, -0.05) is 27.2 Å². The minimum atomic E-state index is 0.202. The van der Waals surface area contributed by atoms with Crippen molar-refractivity contribution in [3.63, 3.8) is 0 Å². The lowest BCUT2D eigenvalue weighted by Crippen LogP contribution is -2.24. The molecule has 2 nitrogen and oxygen atoms in total. The van der Waals surface area contributed by atoms with Gasteiger partial charge in [-0.3, -0.25) is 0 Å². The maximum absolute atomic E-state index is 4.50. The molecule has 2 heteroatoms. The Labute approximate surface area is 93.7 Å². The largest absolute Gasteiger partial charge is 0.332 e. The fraction of sp³-hybridized carbons (Fsp3) is 0.769. The van der Waals surface area contributed by atoms with Crippen LogP contribution in [-0.2, 0) is 5.54 Å². The molecule has 0 fully saturated rings. The third-order valence-corrected chi connectivity index (χ3v) is 3.28. The first-order valence-corrected chi connectivity index (χ1v) is 6.05. The summed E-state index contributed by atoms with van der Waals surface area (Å²) in [6.45, 7) is 11.2. The van der Waals surface area contributed by atoms with Crippen molar-refractivity contribution in [2.75, 3.05) is 0 Å². The van der Waals surface area contributed by atoms with Crippen LogP contribution in [0.4, 0.5) is 0 Å². The minimum absolute atomic E-state index is 0.202. The van der Waals surface area contributed by atoms with Crippen LogP contribution in [0.5, 0.6) is 0 Å². The maximum Gasteiger partial charge on any atom is 0.0954 e. The van der Waals surface area contributed by atoms with Crippen LogP contribution in [0.3, 0.4) is 0 Å². The quantitative estimate of drug-likeness (QED) is 0.717. The van der Waals surface area contributed by atoms with Gasteiger partial charge in [0.1, 0.15) is 0 Å². The van der Waals surface area contributed by atoms with Crippen LogP contribution in [0, 0.1) is 0 Å². The zero-order valence-electron chi connectivity index (χ0n) is 10.7. The van der Waals surface area contributed by atoms with Crippen molar-refractivity contribution in [2.24, 2.45) is 0 Å². The second-order valence-corrected chi connectivity index (χ2v) is 5.08. The molecule has 0 spiro atoms. The van der Waals surface area contributed by atoms with E-state index in [1.807, 2.05) is 6.33 Å². The molecule has 1 aromatic rings. The third kappa shape index (κ3) is 2.83. The molecule has 1 aromatic heterocycles. The smallest absolute Gasteiger partial charge is 0.0954 e. The zero-order chi connectivity index (χ0) is 11.5. The Balaban J connectivity index is 2.83. The first-order chi connectivity index (χ1) is 7.01. The highest BCUT2D eigenvalue weighted by Crippen LogP contribution is 2.24. The van der Waals surface area contributed by atoms with Crippen LogP contribution in [-0.4, -0.2) is 9.55 Å². The summed E-state index contributed by atoms with van der Waals surface area (Å²) < 4.78 is 2.26. The van der Waals surface area contributed by atoms with E-state index in [0.717, 1.165) is 6.42 Å². The predicted molar refractivity (Wildman–Crippen MR) is 65.2 cm³/mol. The summed E-state index contributed by atoms with van der Waals surface area (Å²) in [5, 5.41) is 0. The van der Waals surface area contributed by atoms with Crippen molar-refractivity contribution in [3.05, 3.63) is 18.2 Å². The van der Waals surface area contributed by atoms with Crippen LogP contribution in [0.25, 0.3) is 0 Å². The molecule has 0 aliphatic carbocycles. The number of aromatic nitrogens is 2. The zero-order valence-corrected chi connectivity index (χ0v) is 10.7. The summed E-state index contributed by atoms with van der Waals surface area (Å²) in [7, 11) is 0. The summed E-state index contributed by atoms with van der Waals surface area (Å²) in [5.41, 5.74) is 1.43. The molecule has 0 saturated heterocycles. The number of nitrogens with zero attached hydrogens (tertiary/aromatic N) is 2. The highest BCUT2D eigenvalue weighted by atomic mass is 15.1. The SMILES string of the molecule is CCCC(C)(C)n1cnc(C(C)CC)c1. The molecule has 15 heavy (non-hydrogen) atoms. The van der Waals surface area contributed by atoms with E-state index in [1.165, 1.54) is 18.5 Å². The van der Waals surface area contributed by atoms with E-state index in [-0.39, 0.29) is 5.54 Å². The van der Waals surface area contributed by atoms with Gasteiger partial charge in [0.15, 0.2) is 0 Å². The molecular weight excluding hydrogens is 184 g/mol. The molecule has 0 N–H and O–H groups in total. The number of hydrogen-bond donors (Lipinski definition) is 0. The van der Waals surface area contributed by atoms with Gasteiger partial charge in [0, 0.05) is 11.7 Å². The van der Waals surface area contributed by atoms with Crippen molar-refractivity contribution in [2.45, 2.75) is 65.3 Å². The Morgan fingerprint density at radius 1 is 1.40 bits per heavy atom. The number of imidazole rings is 1. The maximum atomic E-state index is 4.50. The fourth-order valence-electron chi connectivity index (χ4n) is 1.87. The summed E-state index contributed by atoms with van der Waals surface area (Å²) in [6.07, 6.45) is 7.76. The third-order valence-electron chi connectivity index (χ3n) is 3.28. The van der Waals surface area contributed by atoms with Crippen molar-refractivity contribution >= 4 is 0 Å². The van der Waals surface area contributed by atoms with Gasteiger partial charge >= 0.3 is 0 Å². The van der Waals surface area contributed by atoms with Gasteiger partial charge in [-0.2, -0.15) is 0 Å². The Morgan fingerprint density at radius 3 is 2.60 bits per heavy atom. The molecule has 1 rings (SSSR count). The Kier molecular flexibility index (Phi) is 3.95. The van der Waals surface area contributed by atoms with E-state index in [4.69, 9.17) is 0 Å². The van der Waals surface area contributed by atoms with Gasteiger partial charge < -0.3 is 4.57 Å². The molecule has 0 bridgehead atoms. The average molecular weight is 208 g/mol. The van der Waals surface area contributed by atoms with E-state index >= 15 is 0 Å². The average Bonchev–Trinajstić information content (AvgIpc) is 2.66. The lowest BCUT2D eigenvalue weighted by molar-refractivity contribution is 0.323. The predicted octanol–water partition coefficient (Wildman–Crippen LogP) is 3.93. The summed E-state index contributed by atoms with van der Waals surface area (Å²) in [5.74, 6) is 0.573. The van der Waals surface area contributed by atoms with Crippen molar-refractivity contribution in [1.82, 2.24) is 9.55 Å². The van der Waals surface area contributed by atoms with Crippen LogP contribution < -0.4 is 0 Å². The summed E-state index contributed by atoms with van der Waals surface area (Å²) in [6, 6.07) is 0. The van der Waals surface area contributed by atoms with Gasteiger partial charge in [-0.25, -0.2) is 4.98 Å². The lowest BCUT2D eigenvalue weighted by atomic mass is 9.98. The Morgan fingerprint density at radius 2 is 2.07 bits per heavy atom. The van der Waals surface area contributed by atoms with E-state index in [9.17, 15) is 0 Å². The van der Waals surface area contributed by atoms with Gasteiger partial charge in [-0.15, -0.1) is 0 Å². The topological polar surface area (TPSA) is 17.8 Å². The van der Waals surface area contributed by atoms with Gasteiger partial charge in [0.05, 0.1) is 12.0 Å².